The van der Waals surface area contributed by atoms with Gasteiger partial charge >= 0.3 is 0 Å². The van der Waals surface area contributed by atoms with Gasteiger partial charge in [-0.2, -0.15) is 0 Å². The Morgan fingerprint density at radius 3 is 2.61 bits per heavy atom. The maximum atomic E-state index is 12.5. The predicted octanol–water partition coefficient (Wildman–Crippen LogP) is 2.65. The van der Waals surface area contributed by atoms with Crippen LogP contribution in [0.15, 0.2) is 41.5 Å². The molecule has 4 heterocycles. The fourth-order valence-corrected chi connectivity index (χ4v) is 4.66. The molecule has 2 fully saturated rings. The van der Waals surface area contributed by atoms with Gasteiger partial charge in [-0.05, 0) is 56.4 Å². The summed E-state index contributed by atoms with van der Waals surface area (Å²) in [6, 6.07) is 7.64. The summed E-state index contributed by atoms with van der Waals surface area (Å²) in [5, 5.41) is 23.5. The molecule has 162 valence electrons. The van der Waals surface area contributed by atoms with E-state index < -0.39 is 0 Å². The second-order valence-corrected chi connectivity index (χ2v) is 8.57. The quantitative estimate of drug-likeness (QED) is 0.512. The topological polar surface area (TPSA) is 114 Å². The van der Waals surface area contributed by atoms with Crippen LogP contribution in [-0.2, 0) is 0 Å². The van der Waals surface area contributed by atoms with Gasteiger partial charge in [0.2, 0.25) is 0 Å². The van der Waals surface area contributed by atoms with Crippen molar-refractivity contribution in [3.63, 3.8) is 0 Å². The zero-order chi connectivity index (χ0) is 21.4. The van der Waals surface area contributed by atoms with Crippen LogP contribution < -0.4 is 15.8 Å². The van der Waals surface area contributed by atoms with Crippen molar-refractivity contribution < 1.29 is 10.2 Å². The number of rotatable bonds is 4. The number of aliphatic hydroxyl groups excluding tert-OH is 2. The number of aliphatic hydroxyl groups is 2. The normalized spacial score (nSPS) is 22.2. The lowest BCUT2D eigenvalue weighted by Crippen LogP contribution is -2.35. The standard InChI is InChI=1S/C23H27N5O3/c29-16-6-9-28(10-7-16)15-2-4-21(25-13-15)27-20-12-19(14-1-3-17(30)11-14)26-18-5-8-24-23(31)22(18)20/h2,4-5,8,12-14,16-17,29-30H,1,3,6-7,9-11H2,(H,24,31)(H,25,26,27)/t14?,17-/m0/s1. The van der Waals surface area contributed by atoms with Gasteiger partial charge in [-0.1, -0.05) is 0 Å². The molecule has 1 saturated heterocycles. The third-order valence-corrected chi connectivity index (χ3v) is 6.41. The lowest BCUT2D eigenvalue weighted by Gasteiger charge is -2.31. The van der Waals surface area contributed by atoms with E-state index in [9.17, 15) is 15.0 Å². The highest BCUT2D eigenvalue weighted by molar-refractivity contribution is 5.92. The second kappa shape index (κ2) is 8.28. The van der Waals surface area contributed by atoms with Crippen LogP contribution in [0.4, 0.5) is 17.2 Å². The number of nitrogens with one attached hydrogen (secondary N) is 2. The minimum Gasteiger partial charge on any atom is -0.393 e. The maximum absolute atomic E-state index is 12.5. The molecular formula is C23H27N5O3. The molecule has 1 aliphatic carbocycles. The van der Waals surface area contributed by atoms with Crippen molar-refractivity contribution in [2.75, 3.05) is 23.3 Å². The first-order valence-corrected chi connectivity index (χ1v) is 10.9. The molecule has 8 heteroatoms. The van der Waals surface area contributed by atoms with Crippen molar-refractivity contribution in [2.24, 2.45) is 0 Å². The van der Waals surface area contributed by atoms with Crippen molar-refractivity contribution in [1.82, 2.24) is 15.0 Å². The van der Waals surface area contributed by atoms with Crippen molar-refractivity contribution in [1.29, 1.82) is 0 Å². The molecule has 3 aromatic heterocycles. The van der Waals surface area contributed by atoms with Crippen molar-refractivity contribution in [2.45, 2.75) is 50.2 Å². The minimum atomic E-state index is -0.289. The summed E-state index contributed by atoms with van der Waals surface area (Å²) in [7, 11) is 0. The molecule has 3 aromatic rings. The molecule has 0 radical (unpaired) electrons. The Morgan fingerprint density at radius 1 is 1.06 bits per heavy atom. The first-order valence-electron chi connectivity index (χ1n) is 10.9. The molecule has 0 amide bonds. The highest BCUT2D eigenvalue weighted by Gasteiger charge is 2.26. The van der Waals surface area contributed by atoms with E-state index in [0.29, 0.717) is 28.8 Å². The molecule has 31 heavy (non-hydrogen) atoms. The largest absolute Gasteiger partial charge is 0.393 e. The number of fused-ring (bicyclic) bond motifs is 1. The monoisotopic (exact) mass is 421 g/mol. The SMILES string of the molecule is O=c1[nH]ccc2nc(C3CC[C@H](O)C3)cc(Nc3ccc(N4CCC(O)CC4)cn3)c12. The number of piperidine rings is 1. The Balaban J connectivity index is 1.44. The van der Waals surface area contributed by atoms with Crippen molar-refractivity contribution in [3.8, 4) is 0 Å². The first kappa shape index (κ1) is 20.0. The third kappa shape index (κ3) is 4.13. The van der Waals surface area contributed by atoms with E-state index in [1.165, 1.54) is 0 Å². The fourth-order valence-electron chi connectivity index (χ4n) is 4.66. The van der Waals surface area contributed by atoms with Gasteiger partial charge in [0, 0.05) is 30.9 Å². The molecule has 0 spiro atoms. The molecule has 5 rings (SSSR count). The molecule has 1 aliphatic heterocycles. The summed E-state index contributed by atoms with van der Waals surface area (Å²) in [6.45, 7) is 1.63. The van der Waals surface area contributed by atoms with E-state index in [2.05, 4.69) is 20.2 Å². The van der Waals surface area contributed by atoms with E-state index in [1.807, 2.05) is 24.4 Å². The lowest BCUT2D eigenvalue weighted by molar-refractivity contribution is 0.145. The Bertz CT molecular complexity index is 1120. The van der Waals surface area contributed by atoms with Crippen molar-refractivity contribution >= 4 is 28.1 Å². The number of hydrogen-bond acceptors (Lipinski definition) is 7. The highest BCUT2D eigenvalue weighted by atomic mass is 16.3. The number of H-pyrrole nitrogens is 1. The summed E-state index contributed by atoms with van der Waals surface area (Å²) in [5.74, 6) is 0.831. The summed E-state index contributed by atoms with van der Waals surface area (Å²) < 4.78 is 0. The van der Waals surface area contributed by atoms with E-state index in [-0.39, 0.29) is 23.7 Å². The van der Waals surface area contributed by atoms with E-state index >= 15 is 0 Å². The van der Waals surface area contributed by atoms with E-state index in [4.69, 9.17) is 4.98 Å². The first-order chi connectivity index (χ1) is 15.1. The van der Waals surface area contributed by atoms with E-state index in [0.717, 1.165) is 50.2 Å². The number of hydrogen-bond donors (Lipinski definition) is 4. The molecule has 4 N–H and O–H groups in total. The average molecular weight is 422 g/mol. The van der Waals surface area contributed by atoms with Gasteiger partial charge in [-0.3, -0.25) is 9.78 Å². The average Bonchev–Trinajstić information content (AvgIpc) is 3.21. The number of aromatic amines is 1. The van der Waals surface area contributed by atoms with Crippen LogP contribution in [-0.4, -0.2) is 50.5 Å². The molecule has 1 unspecified atom stereocenters. The highest BCUT2D eigenvalue weighted by Crippen LogP contribution is 2.36. The summed E-state index contributed by atoms with van der Waals surface area (Å²) in [6.07, 6.45) is 6.83. The van der Waals surface area contributed by atoms with Gasteiger partial charge in [0.15, 0.2) is 0 Å². The molecule has 2 atom stereocenters. The molecule has 8 nitrogen and oxygen atoms in total. The van der Waals surface area contributed by atoms with Crippen LogP contribution in [0.25, 0.3) is 10.9 Å². The summed E-state index contributed by atoms with van der Waals surface area (Å²) in [4.78, 5) is 26.8. The molecule has 0 aromatic carbocycles. The predicted molar refractivity (Wildman–Crippen MR) is 120 cm³/mol. The zero-order valence-corrected chi connectivity index (χ0v) is 17.3. The van der Waals surface area contributed by atoms with Crippen LogP contribution in [0.2, 0.25) is 0 Å². The molecular weight excluding hydrogens is 394 g/mol. The van der Waals surface area contributed by atoms with Gasteiger partial charge in [0.25, 0.3) is 5.56 Å². The number of nitrogens with zero attached hydrogens (tertiary/aromatic N) is 3. The number of pyridine rings is 3. The maximum Gasteiger partial charge on any atom is 0.259 e. The van der Waals surface area contributed by atoms with Crippen LogP contribution in [0, 0.1) is 0 Å². The van der Waals surface area contributed by atoms with Gasteiger partial charge in [-0.15, -0.1) is 0 Å². The summed E-state index contributed by atoms with van der Waals surface area (Å²) >= 11 is 0. The zero-order valence-electron chi connectivity index (χ0n) is 17.3. The van der Waals surface area contributed by atoms with Gasteiger partial charge in [0.05, 0.1) is 40.7 Å². The second-order valence-electron chi connectivity index (χ2n) is 8.57. The van der Waals surface area contributed by atoms with Crippen LogP contribution in [0.5, 0.6) is 0 Å². The number of anilines is 3. The van der Waals surface area contributed by atoms with Gasteiger partial charge in [-0.25, -0.2) is 4.98 Å². The smallest absolute Gasteiger partial charge is 0.259 e. The number of aromatic nitrogens is 3. The van der Waals surface area contributed by atoms with Crippen LogP contribution in [0.3, 0.4) is 0 Å². The fraction of sp³-hybridized carbons (Fsp3) is 0.435. The van der Waals surface area contributed by atoms with Gasteiger partial charge < -0.3 is 25.4 Å². The van der Waals surface area contributed by atoms with E-state index in [1.54, 1.807) is 12.3 Å². The third-order valence-electron chi connectivity index (χ3n) is 6.41. The molecule has 0 bridgehead atoms. The summed E-state index contributed by atoms with van der Waals surface area (Å²) in [5.41, 5.74) is 3.02. The lowest BCUT2D eigenvalue weighted by atomic mass is 10.0. The Hall–Kier alpha value is -2.97. The van der Waals surface area contributed by atoms with Crippen LogP contribution >= 0.6 is 0 Å². The molecule has 2 aliphatic rings. The Labute approximate surface area is 180 Å². The van der Waals surface area contributed by atoms with Crippen molar-refractivity contribution in [3.05, 3.63) is 52.7 Å². The molecule has 1 saturated carbocycles. The Morgan fingerprint density at radius 2 is 1.90 bits per heavy atom. The van der Waals surface area contributed by atoms with Gasteiger partial charge in [0.1, 0.15) is 5.82 Å². The Kier molecular flexibility index (Phi) is 5.33. The van der Waals surface area contributed by atoms with Crippen LogP contribution in [0.1, 0.15) is 43.7 Å². The minimum absolute atomic E-state index is 0.184.